The van der Waals surface area contributed by atoms with E-state index >= 15 is 0 Å². The van der Waals surface area contributed by atoms with Crippen LogP contribution in [0, 0.1) is 11.3 Å². The van der Waals surface area contributed by atoms with Gasteiger partial charge in [0.25, 0.3) is 0 Å². The molecule has 0 aliphatic heterocycles. The van der Waals surface area contributed by atoms with E-state index in [2.05, 4.69) is 31.3 Å². The number of nitrogens with two attached hydrogens (primary N) is 1. The lowest BCUT2D eigenvalue weighted by Gasteiger charge is -2.08. The maximum absolute atomic E-state index is 9.08. The van der Waals surface area contributed by atoms with Gasteiger partial charge in [0.15, 0.2) is 0 Å². The fourth-order valence-electron chi connectivity index (χ4n) is 1.74. The lowest BCUT2D eigenvalue weighted by Crippen LogP contribution is -2.08. The zero-order valence-electron chi connectivity index (χ0n) is 10.8. The van der Waals surface area contributed by atoms with E-state index in [4.69, 9.17) is 11.0 Å². The Morgan fingerprint density at radius 1 is 1.19 bits per heavy atom. The molecule has 0 spiro atoms. The highest BCUT2D eigenvalue weighted by atomic mass is 15.3. The van der Waals surface area contributed by atoms with Gasteiger partial charge in [0.05, 0.1) is 11.3 Å². The number of nitriles is 1. The van der Waals surface area contributed by atoms with Crippen LogP contribution in [0.5, 0.6) is 0 Å². The van der Waals surface area contributed by atoms with E-state index in [9.17, 15) is 0 Å². The molecule has 102 valence electrons. The number of anilines is 3. The van der Waals surface area contributed by atoms with Crippen LogP contribution in [-0.2, 0) is 0 Å². The van der Waals surface area contributed by atoms with E-state index in [1.54, 1.807) is 41.5 Å². The Hall–Kier alpha value is -3.47. The molecule has 3 N–H and O–H groups in total. The number of para-hydroxylation sites is 1. The van der Waals surface area contributed by atoms with Gasteiger partial charge in [-0.05, 0) is 12.1 Å². The van der Waals surface area contributed by atoms with Gasteiger partial charge in [0, 0.05) is 12.4 Å². The normalized spacial score (nSPS) is 10.0. The minimum absolute atomic E-state index is 0.0747. The van der Waals surface area contributed by atoms with Crippen molar-refractivity contribution in [1.29, 1.82) is 5.26 Å². The Kier molecular flexibility index (Phi) is 3.15. The standard InChI is InChI=1S/C13H10N8/c14-7-9-3-1-2-4-10(9)17-12-18-11(15)19-13(20-12)21-6-5-16-8-21/h1-6,8H,(H3,15,17,18,19,20). The predicted molar refractivity (Wildman–Crippen MR) is 75.8 cm³/mol. The van der Waals surface area contributed by atoms with Gasteiger partial charge in [0.1, 0.15) is 12.4 Å². The zero-order chi connectivity index (χ0) is 14.7. The molecule has 0 aliphatic carbocycles. The average Bonchev–Trinajstić information content (AvgIpc) is 3.01. The zero-order valence-corrected chi connectivity index (χ0v) is 10.8. The topological polar surface area (TPSA) is 118 Å². The van der Waals surface area contributed by atoms with Crippen molar-refractivity contribution in [3.05, 3.63) is 48.5 Å². The molecule has 0 saturated heterocycles. The second kappa shape index (κ2) is 5.26. The second-order valence-electron chi connectivity index (χ2n) is 4.07. The van der Waals surface area contributed by atoms with Crippen molar-refractivity contribution in [2.75, 3.05) is 11.1 Å². The quantitative estimate of drug-likeness (QED) is 0.740. The molecule has 2 heterocycles. The maximum Gasteiger partial charge on any atom is 0.241 e. The van der Waals surface area contributed by atoms with E-state index in [1.165, 1.54) is 0 Å². The highest BCUT2D eigenvalue weighted by molar-refractivity contribution is 5.63. The Labute approximate surface area is 119 Å². The van der Waals surface area contributed by atoms with Crippen molar-refractivity contribution in [1.82, 2.24) is 24.5 Å². The largest absolute Gasteiger partial charge is 0.368 e. The van der Waals surface area contributed by atoms with Gasteiger partial charge in [-0.3, -0.25) is 4.57 Å². The number of nitrogens with one attached hydrogen (secondary N) is 1. The third-order valence-corrected chi connectivity index (χ3v) is 2.67. The molecule has 21 heavy (non-hydrogen) atoms. The summed E-state index contributed by atoms with van der Waals surface area (Å²) in [5.74, 6) is 0.677. The number of hydrogen-bond donors (Lipinski definition) is 2. The van der Waals surface area contributed by atoms with Crippen LogP contribution in [0.4, 0.5) is 17.6 Å². The molecule has 8 heteroatoms. The van der Waals surface area contributed by atoms with Gasteiger partial charge >= 0.3 is 0 Å². The minimum atomic E-state index is 0.0747. The minimum Gasteiger partial charge on any atom is -0.368 e. The van der Waals surface area contributed by atoms with Crippen molar-refractivity contribution in [2.45, 2.75) is 0 Å². The molecular formula is C13H10N8. The van der Waals surface area contributed by atoms with Gasteiger partial charge in [0.2, 0.25) is 17.8 Å². The van der Waals surface area contributed by atoms with Gasteiger partial charge in [-0.25, -0.2) is 4.98 Å². The first-order valence-electron chi connectivity index (χ1n) is 6.02. The molecule has 2 aromatic heterocycles. The maximum atomic E-state index is 9.08. The molecule has 0 amide bonds. The molecule has 0 atom stereocenters. The summed E-state index contributed by atoms with van der Waals surface area (Å²) in [5, 5.41) is 12.0. The lowest BCUT2D eigenvalue weighted by atomic mass is 10.2. The molecule has 3 rings (SSSR count). The summed E-state index contributed by atoms with van der Waals surface area (Å²) in [6.45, 7) is 0. The first kappa shape index (κ1) is 12.6. The smallest absolute Gasteiger partial charge is 0.241 e. The molecule has 1 aromatic carbocycles. The van der Waals surface area contributed by atoms with Crippen molar-refractivity contribution in [3.8, 4) is 12.0 Å². The molecule has 0 fully saturated rings. The second-order valence-corrected chi connectivity index (χ2v) is 4.07. The van der Waals surface area contributed by atoms with Crippen LogP contribution < -0.4 is 11.1 Å². The number of imidazole rings is 1. The first-order chi connectivity index (χ1) is 10.3. The number of nitrogen functional groups attached to an aromatic ring is 1. The summed E-state index contributed by atoms with van der Waals surface area (Å²) in [4.78, 5) is 16.2. The van der Waals surface area contributed by atoms with Gasteiger partial charge in [-0.15, -0.1) is 0 Å². The molecule has 0 bridgehead atoms. The Morgan fingerprint density at radius 3 is 2.81 bits per heavy atom. The highest BCUT2D eigenvalue weighted by Crippen LogP contribution is 2.18. The Bertz CT molecular complexity index is 803. The first-order valence-corrected chi connectivity index (χ1v) is 6.02. The summed E-state index contributed by atoms with van der Waals surface area (Å²) in [6.07, 6.45) is 4.86. The number of nitrogens with zero attached hydrogens (tertiary/aromatic N) is 6. The molecule has 3 aromatic rings. The molecule has 0 saturated carbocycles. The monoisotopic (exact) mass is 278 g/mol. The summed E-state index contributed by atoms with van der Waals surface area (Å²) < 4.78 is 1.61. The van der Waals surface area contributed by atoms with Crippen LogP contribution in [0.15, 0.2) is 43.0 Å². The van der Waals surface area contributed by atoms with Crippen LogP contribution in [0.1, 0.15) is 5.56 Å². The van der Waals surface area contributed by atoms with Crippen molar-refractivity contribution in [2.24, 2.45) is 0 Å². The number of benzene rings is 1. The van der Waals surface area contributed by atoms with E-state index in [1.807, 2.05) is 6.07 Å². The van der Waals surface area contributed by atoms with Crippen molar-refractivity contribution >= 4 is 17.6 Å². The fraction of sp³-hybridized carbons (Fsp3) is 0. The van der Waals surface area contributed by atoms with Gasteiger partial charge in [-0.2, -0.15) is 20.2 Å². The van der Waals surface area contributed by atoms with Gasteiger partial charge < -0.3 is 11.1 Å². The number of aromatic nitrogens is 5. The van der Waals surface area contributed by atoms with Gasteiger partial charge in [-0.1, -0.05) is 12.1 Å². The third-order valence-electron chi connectivity index (χ3n) is 2.67. The van der Waals surface area contributed by atoms with Crippen molar-refractivity contribution in [3.63, 3.8) is 0 Å². The third kappa shape index (κ3) is 2.62. The van der Waals surface area contributed by atoms with Crippen LogP contribution in [0.25, 0.3) is 5.95 Å². The fourth-order valence-corrected chi connectivity index (χ4v) is 1.74. The Balaban J connectivity index is 1.98. The van der Waals surface area contributed by atoms with Crippen LogP contribution in [0.3, 0.4) is 0 Å². The average molecular weight is 278 g/mol. The molecule has 8 nitrogen and oxygen atoms in total. The van der Waals surface area contributed by atoms with E-state index in [0.29, 0.717) is 17.2 Å². The van der Waals surface area contributed by atoms with E-state index in [0.717, 1.165) is 0 Å². The molecule has 0 unspecified atom stereocenters. The SMILES string of the molecule is N#Cc1ccccc1Nc1nc(N)nc(-n2ccnc2)n1. The summed E-state index contributed by atoms with van der Waals surface area (Å²) >= 11 is 0. The molecule has 0 aliphatic rings. The summed E-state index contributed by atoms with van der Waals surface area (Å²) in [5.41, 5.74) is 6.77. The molecular weight excluding hydrogens is 268 g/mol. The summed E-state index contributed by atoms with van der Waals surface area (Å²) in [6, 6.07) is 9.14. The highest BCUT2D eigenvalue weighted by Gasteiger charge is 2.08. The van der Waals surface area contributed by atoms with Crippen LogP contribution >= 0.6 is 0 Å². The van der Waals surface area contributed by atoms with E-state index < -0.39 is 0 Å². The van der Waals surface area contributed by atoms with E-state index in [-0.39, 0.29) is 11.9 Å². The Morgan fingerprint density at radius 2 is 2.05 bits per heavy atom. The van der Waals surface area contributed by atoms with Crippen LogP contribution in [-0.4, -0.2) is 24.5 Å². The number of rotatable bonds is 3. The lowest BCUT2D eigenvalue weighted by molar-refractivity contribution is 0.906. The predicted octanol–water partition coefficient (Wildman–Crippen LogP) is 1.25. The number of hydrogen-bond acceptors (Lipinski definition) is 7. The summed E-state index contributed by atoms with van der Waals surface area (Å²) in [7, 11) is 0. The van der Waals surface area contributed by atoms with Crippen molar-refractivity contribution < 1.29 is 0 Å². The van der Waals surface area contributed by atoms with Crippen LogP contribution in [0.2, 0.25) is 0 Å². The molecule has 0 radical (unpaired) electrons.